The van der Waals surface area contributed by atoms with Crippen LogP contribution in [0.1, 0.15) is 20.7 Å². The monoisotopic (exact) mass is 656 g/mol. The molecule has 0 unspecified atom stereocenters. The van der Waals surface area contributed by atoms with Gasteiger partial charge in [-0.1, -0.05) is 55.4 Å². The minimum Gasteiger partial charge on any atom is -0.267 e. The van der Waals surface area contributed by atoms with Crippen LogP contribution in [0.25, 0.3) is 0 Å². The fourth-order valence-corrected chi connectivity index (χ4v) is 5.78. The van der Waals surface area contributed by atoms with E-state index in [4.69, 9.17) is 24.4 Å². The van der Waals surface area contributed by atoms with Crippen molar-refractivity contribution in [1.29, 1.82) is 0 Å². The molecule has 2 aromatic carbocycles. The number of rotatable bonds is 4. The van der Waals surface area contributed by atoms with Gasteiger partial charge in [-0.2, -0.15) is 10.0 Å². The van der Waals surface area contributed by atoms with Gasteiger partial charge in [0, 0.05) is 20.1 Å². The molecule has 2 heterocycles. The highest BCUT2D eigenvalue weighted by molar-refractivity contribution is 9.10. The lowest BCUT2D eigenvalue weighted by Gasteiger charge is -2.16. The van der Waals surface area contributed by atoms with Gasteiger partial charge in [0.1, 0.15) is 9.81 Å². The summed E-state index contributed by atoms with van der Waals surface area (Å²) < 4.78 is 1.69. The van der Waals surface area contributed by atoms with Gasteiger partial charge in [0.15, 0.2) is 8.64 Å². The lowest BCUT2D eigenvalue weighted by Crippen LogP contribution is -2.45. The minimum atomic E-state index is -0.666. The van der Waals surface area contributed by atoms with E-state index < -0.39 is 23.6 Å². The Morgan fingerprint density at radius 3 is 1.32 bits per heavy atom. The highest BCUT2D eigenvalue weighted by atomic mass is 79.9. The van der Waals surface area contributed by atoms with Gasteiger partial charge in [-0.3, -0.25) is 30.0 Å². The molecule has 2 fully saturated rings. The number of nitrogens with one attached hydrogen (secondary N) is 2. The topological polar surface area (TPSA) is 98.8 Å². The maximum Gasteiger partial charge on any atom is 0.286 e. The van der Waals surface area contributed by atoms with Gasteiger partial charge >= 0.3 is 0 Å². The van der Waals surface area contributed by atoms with Gasteiger partial charge in [-0.25, -0.2) is 0 Å². The molecule has 0 spiro atoms. The number of hydrogen-bond acceptors (Lipinski definition) is 8. The third kappa shape index (κ3) is 5.11. The number of nitrogens with zero attached hydrogens (tertiary/aromatic N) is 2. The van der Waals surface area contributed by atoms with Gasteiger partial charge in [0.25, 0.3) is 23.6 Å². The van der Waals surface area contributed by atoms with Crippen LogP contribution in [0.15, 0.2) is 67.3 Å². The number of carbonyl (C=O) groups excluding carboxylic acids is 4. The summed E-state index contributed by atoms with van der Waals surface area (Å²) in [5.74, 6) is -2.42. The standard InChI is InChI=1S/C20H10Br2N4O4S4/c21-11-5-1-9(2-6-11)15(27)23-25-17(29)13(33-19(25)31)14-18(30)26(20(32)34-14)24-16(28)10-3-7-12(22)8-4-10/h1-8H,(H,23,27)(H,24,28). The average Bonchev–Trinajstić information content (AvgIpc) is 3.24. The van der Waals surface area contributed by atoms with Crippen molar-refractivity contribution in [2.75, 3.05) is 0 Å². The maximum atomic E-state index is 13.0. The summed E-state index contributed by atoms with van der Waals surface area (Å²) in [4.78, 5) is 51.0. The smallest absolute Gasteiger partial charge is 0.267 e. The molecule has 2 saturated heterocycles. The molecule has 172 valence electrons. The van der Waals surface area contributed by atoms with E-state index in [9.17, 15) is 19.2 Å². The molecule has 2 N–H and O–H groups in total. The fraction of sp³-hybridized carbons (Fsp3) is 0. The first-order valence-electron chi connectivity index (χ1n) is 9.15. The molecule has 0 saturated carbocycles. The van der Waals surface area contributed by atoms with Gasteiger partial charge < -0.3 is 0 Å². The predicted octanol–water partition coefficient (Wildman–Crippen LogP) is 4.13. The average molecular weight is 658 g/mol. The van der Waals surface area contributed by atoms with Crippen LogP contribution in [0.3, 0.4) is 0 Å². The molecule has 34 heavy (non-hydrogen) atoms. The quantitative estimate of drug-likeness (QED) is 0.374. The Labute approximate surface area is 229 Å². The lowest BCUT2D eigenvalue weighted by atomic mass is 10.2. The van der Waals surface area contributed by atoms with E-state index in [2.05, 4.69) is 42.7 Å². The zero-order chi connectivity index (χ0) is 24.6. The van der Waals surface area contributed by atoms with Crippen LogP contribution in [0.5, 0.6) is 0 Å². The molecule has 0 aliphatic carbocycles. The number of thiocarbonyl (C=S) groups is 2. The Hall–Kier alpha value is -2.10. The van der Waals surface area contributed by atoms with Crippen LogP contribution in [-0.4, -0.2) is 42.3 Å². The molecule has 0 aromatic heterocycles. The first-order chi connectivity index (χ1) is 16.2. The van der Waals surface area contributed by atoms with Crippen LogP contribution in [-0.2, 0) is 9.59 Å². The summed E-state index contributed by atoms with van der Waals surface area (Å²) in [6.45, 7) is 0. The number of carbonyl (C=O) groups is 4. The molecule has 14 heteroatoms. The Morgan fingerprint density at radius 2 is 1.00 bits per heavy atom. The summed E-state index contributed by atoms with van der Waals surface area (Å²) in [5.41, 5.74) is 5.55. The van der Waals surface area contributed by atoms with Gasteiger partial charge in [0.05, 0.1) is 0 Å². The van der Waals surface area contributed by atoms with Crippen molar-refractivity contribution in [2.45, 2.75) is 0 Å². The summed E-state index contributed by atoms with van der Waals surface area (Å²) in [6, 6.07) is 13.1. The van der Waals surface area contributed by atoms with E-state index in [0.717, 1.165) is 42.5 Å². The predicted molar refractivity (Wildman–Crippen MR) is 144 cm³/mol. The highest BCUT2D eigenvalue weighted by Gasteiger charge is 2.43. The largest absolute Gasteiger partial charge is 0.286 e. The first kappa shape index (κ1) is 25.0. The van der Waals surface area contributed by atoms with E-state index in [1.165, 1.54) is 0 Å². The molecule has 0 radical (unpaired) electrons. The second-order valence-corrected chi connectivity index (χ2v) is 11.7. The van der Waals surface area contributed by atoms with Crippen molar-refractivity contribution < 1.29 is 19.2 Å². The van der Waals surface area contributed by atoms with E-state index in [-0.39, 0.29) is 18.5 Å². The second kappa shape index (κ2) is 10.3. The molecule has 0 bridgehead atoms. The molecule has 4 amide bonds. The second-order valence-electron chi connectivity index (χ2n) is 6.57. The number of hydrogen-bond donors (Lipinski definition) is 2. The molecule has 0 atom stereocenters. The molecular weight excluding hydrogens is 648 g/mol. The lowest BCUT2D eigenvalue weighted by molar-refractivity contribution is -0.126. The first-order valence-corrected chi connectivity index (χ1v) is 13.2. The van der Waals surface area contributed by atoms with Crippen LogP contribution >= 0.6 is 79.8 Å². The molecule has 4 rings (SSSR count). The Morgan fingerprint density at radius 1 is 0.676 bits per heavy atom. The summed E-state index contributed by atoms with van der Waals surface area (Å²) in [7, 11) is 0. The summed E-state index contributed by atoms with van der Waals surface area (Å²) >= 11 is 18.8. The van der Waals surface area contributed by atoms with Gasteiger partial charge in [0.2, 0.25) is 0 Å². The van der Waals surface area contributed by atoms with Crippen molar-refractivity contribution in [3.05, 3.63) is 78.4 Å². The summed E-state index contributed by atoms with van der Waals surface area (Å²) in [6.07, 6.45) is 0. The Kier molecular flexibility index (Phi) is 7.54. The summed E-state index contributed by atoms with van der Waals surface area (Å²) in [5, 5.41) is 1.82. The third-order valence-corrected chi connectivity index (χ3v) is 8.32. The zero-order valence-corrected chi connectivity index (χ0v) is 23.0. The van der Waals surface area contributed by atoms with Gasteiger partial charge in [-0.15, -0.1) is 0 Å². The van der Waals surface area contributed by atoms with Crippen LogP contribution in [0, 0.1) is 0 Å². The van der Waals surface area contributed by atoms with Gasteiger partial charge in [-0.05, 0) is 73.0 Å². The van der Waals surface area contributed by atoms with Crippen LogP contribution in [0.4, 0.5) is 0 Å². The van der Waals surface area contributed by atoms with Crippen molar-refractivity contribution in [3.63, 3.8) is 0 Å². The maximum absolute atomic E-state index is 13.0. The zero-order valence-electron chi connectivity index (χ0n) is 16.5. The van der Waals surface area contributed by atoms with E-state index in [0.29, 0.717) is 11.1 Å². The SMILES string of the molecule is O=C(NN1C(=O)C(=C2SC(=S)N(NC(=O)c3ccc(Br)cc3)C2=O)SC1=S)c1ccc(Br)cc1. The minimum absolute atomic E-state index is 0.0128. The van der Waals surface area contributed by atoms with E-state index >= 15 is 0 Å². The molecule has 8 nitrogen and oxygen atoms in total. The Bertz CT molecular complexity index is 1200. The normalized spacial score (nSPS) is 18.1. The van der Waals surface area contributed by atoms with E-state index in [1.54, 1.807) is 48.5 Å². The number of halogens is 2. The fourth-order valence-electron chi connectivity index (χ4n) is 2.74. The van der Waals surface area contributed by atoms with Crippen molar-refractivity contribution in [1.82, 2.24) is 20.9 Å². The van der Waals surface area contributed by atoms with Crippen molar-refractivity contribution in [2.24, 2.45) is 0 Å². The van der Waals surface area contributed by atoms with Crippen LogP contribution < -0.4 is 10.9 Å². The third-order valence-electron chi connectivity index (χ3n) is 4.38. The molecule has 2 aliphatic rings. The molecule has 2 aromatic rings. The molecular formula is C20H10Br2N4O4S4. The number of thioether (sulfide) groups is 2. The van der Waals surface area contributed by atoms with Crippen molar-refractivity contribution >= 4 is 112 Å². The van der Waals surface area contributed by atoms with Crippen LogP contribution in [0.2, 0.25) is 0 Å². The number of amides is 4. The Balaban J connectivity index is 1.50. The highest BCUT2D eigenvalue weighted by Crippen LogP contribution is 2.41. The van der Waals surface area contributed by atoms with E-state index in [1.807, 2.05) is 0 Å². The molecule has 2 aliphatic heterocycles. The number of benzene rings is 2. The van der Waals surface area contributed by atoms with Crippen molar-refractivity contribution in [3.8, 4) is 0 Å². The number of hydrazine groups is 2.